The Kier molecular flexibility index (Phi) is 5.09. The number of amides is 1. The standard InChI is InChI=1S/C19H20BrNO3/c1-23-16-10-13(11-17(24-2)18(16)20)19(22)21-15-9-5-7-12-6-3-4-8-14(12)15/h3-4,6,8,10-11,15H,5,7,9H2,1-2H3,(H,21,22)/t15-/m1/s1. The second-order valence-electron chi connectivity index (χ2n) is 5.81. The number of hydrogen-bond donors (Lipinski definition) is 1. The van der Waals surface area contributed by atoms with Crippen molar-refractivity contribution in [2.24, 2.45) is 0 Å². The van der Waals surface area contributed by atoms with E-state index in [4.69, 9.17) is 9.47 Å². The molecule has 2 aromatic carbocycles. The molecular formula is C19H20BrNO3. The van der Waals surface area contributed by atoms with E-state index in [0.29, 0.717) is 21.5 Å². The lowest BCUT2D eigenvalue weighted by Crippen LogP contribution is -2.31. The lowest BCUT2D eigenvalue weighted by atomic mass is 9.87. The Morgan fingerprint density at radius 3 is 2.50 bits per heavy atom. The van der Waals surface area contributed by atoms with E-state index >= 15 is 0 Å². The van der Waals surface area contributed by atoms with E-state index in [2.05, 4.69) is 33.4 Å². The van der Waals surface area contributed by atoms with Gasteiger partial charge in [-0.1, -0.05) is 24.3 Å². The molecule has 0 unspecified atom stereocenters. The van der Waals surface area contributed by atoms with Crippen LogP contribution in [0.2, 0.25) is 0 Å². The molecule has 3 rings (SSSR count). The van der Waals surface area contributed by atoms with Gasteiger partial charge in [-0.05, 0) is 58.5 Å². The predicted octanol–water partition coefficient (Wildman–Crippen LogP) is 4.27. The largest absolute Gasteiger partial charge is 0.495 e. The second-order valence-corrected chi connectivity index (χ2v) is 6.60. The normalized spacial score (nSPS) is 16.2. The molecule has 0 spiro atoms. The molecule has 4 nitrogen and oxygen atoms in total. The highest BCUT2D eigenvalue weighted by atomic mass is 79.9. The van der Waals surface area contributed by atoms with Gasteiger partial charge in [-0.15, -0.1) is 0 Å². The molecule has 0 heterocycles. The number of benzene rings is 2. The first-order valence-electron chi connectivity index (χ1n) is 7.94. The third kappa shape index (κ3) is 3.26. The van der Waals surface area contributed by atoms with Crippen LogP contribution in [0.5, 0.6) is 11.5 Å². The zero-order valence-corrected chi connectivity index (χ0v) is 15.4. The van der Waals surface area contributed by atoms with Crippen molar-refractivity contribution in [3.05, 3.63) is 57.6 Å². The average Bonchev–Trinajstić information content (AvgIpc) is 2.62. The minimum absolute atomic E-state index is 0.0445. The summed E-state index contributed by atoms with van der Waals surface area (Å²) in [5.74, 6) is 1.02. The maximum Gasteiger partial charge on any atom is 0.252 e. The molecule has 1 amide bonds. The van der Waals surface area contributed by atoms with E-state index in [1.165, 1.54) is 11.1 Å². The van der Waals surface area contributed by atoms with Gasteiger partial charge in [0.2, 0.25) is 0 Å². The van der Waals surface area contributed by atoms with Crippen molar-refractivity contribution in [2.75, 3.05) is 14.2 Å². The first kappa shape index (κ1) is 16.8. The van der Waals surface area contributed by atoms with Crippen molar-refractivity contribution in [2.45, 2.75) is 25.3 Å². The molecule has 0 aromatic heterocycles. The van der Waals surface area contributed by atoms with Gasteiger partial charge in [-0.3, -0.25) is 4.79 Å². The van der Waals surface area contributed by atoms with Crippen molar-refractivity contribution in [1.29, 1.82) is 0 Å². The van der Waals surface area contributed by atoms with Gasteiger partial charge in [0.05, 0.1) is 20.3 Å². The summed E-state index contributed by atoms with van der Waals surface area (Å²) in [6.45, 7) is 0. The number of carbonyl (C=O) groups is 1. The third-order valence-corrected chi connectivity index (χ3v) is 5.16. The summed E-state index contributed by atoms with van der Waals surface area (Å²) in [5.41, 5.74) is 3.06. The number of carbonyl (C=O) groups excluding carboxylic acids is 1. The van der Waals surface area contributed by atoms with Gasteiger partial charge in [0, 0.05) is 5.56 Å². The summed E-state index contributed by atoms with van der Waals surface area (Å²) in [5, 5.41) is 3.15. The van der Waals surface area contributed by atoms with Gasteiger partial charge in [0.25, 0.3) is 5.91 Å². The molecule has 126 valence electrons. The van der Waals surface area contributed by atoms with Crippen LogP contribution in [0, 0.1) is 0 Å². The number of aryl methyl sites for hydroxylation is 1. The number of rotatable bonds is 4. The molecule has 0 saturated carbocycles. The fourth-order valence-corrected chi connectivity index (χ4v) is 3.70. The van der Waals surface area contributed by atoms with Gasteiger partial charge in [-0.2, -0.15) is 0 Å². The molecule has 0 bridgehead atoms. The highest BCUT2D eigenvalue weighted by molar-refractivity contribution is 9.10. The van der Waals surface area contributed by atoms with Gasteiger partial charge in [-0.25, -0.2) is 0 Å². The van der Waals surface area contributed by atoms with E-state index in [1.807, 2.05) is 12.1 Å². The lowest BCUT2D eigenvalue weighted by molar-refractivity contribution is 0.0932. The molecule has 1 aliphatic rings. The summed E-state index contributed by atoms with van der Waals surface area (Å²) in [6, 6.07) is 11.8. The Morgan fingerprint density at radius 2 is 1.83 bits per heavy atom. The summed E-state index contributed by atoms with van der Waals surface area (Å²) in [7, 11) is 3.14. The van der Waals surface area contributed by atoms with E-state index in [-0.39, 0.29) is 11.9 Å². The average molecular weight is 390 g/mol. The molecule has 0 fully saturated rings. The van der Waals surface area contributed by atoms with E-state index < -0.39 is 0 Å². The Morgan fingerprint density at radius 1 is 1.17 bits per heavy atom. The molecule has 5 heteroatoms. The van der Waals surface area contributed by atoms with Crippen LogP contribution in [0.1, 0.15) is 40.4 Å². The lowest BCUT2D eigenvalue weighted by Gasteiger charge is -2.26. The molecule has 24 heavy (non-hydrogen) atoms. The number of ether oxygens (including phenoxy) is 2. The van der Waals surface area contributed by atoms with Gasteiger partial charge in [0.15, 0.2) is 0 Å². The summed E-state index contributed by atoms with van der Waals surface area (Å²) >= 11 is 3.42. The predicted molar refractivity (Wildman–Crippen MR) is 96.8 cm³/mol. The number of fused-ring (bicyclic) bond motifs is 1. The second kappa shape index (κ2) is 7.26. The third-order valence-electron chi connectivity index (χ3n) is 4.38. The van der Waals surface area contributed by atoms with Crippen LogP contribution >= 0.6 is 15.9 Å². The number of methoxy groups -OCH3 is 2. The molecule has 2 aromatic rings. The first-order chi connectivity index (χ1) is 11.6. The molecule has 1 aliphatic carbocycles. The summed E-state index contributed by atoms with van der Waals surface area (Å²) in [6.07, 6.45) is 3.10. The van der Waals surface area contributed by atoms with Gasteiger partial charge in [0.1, 0.15) is 16.0 Å². The van der Waals surface area contributed by atoms with Gasteiger partial charge >= 0.3 is 0 Å². The van der Waals surface area contributed by atoms with Crippen molar-refractivity contribution in [1.82, 2.24) is 5.32 Å². The SMILES string of the molecule is COc1cc(C(=O)N[C@@H]2CCCc3ccccc32)cc(OC)c1Br. The van der Waals surface area contributed by atoms with Crippen molar-refractivity contribution in [3.63, 3.8) is 0 Å². The molecule has 0 aliphatic heterocycles. The van der Waals surface area contributed by atoms with Crippen LogP contribution in [0.3, 0.4) is 0 Å². The van der Waals surface area contributed by atoms with Gasteiger partial charge < -0.3 is 14.8 Å². The van der Waals surface area contributed by atoms with Crippen LogP contribution in [-0.4, -0.2) is 20.1 Å². The van der Waals surface area contributed by atoms with Crippen LogP contribution in [-0.2, 0) is 6.42 Å². The smallest absolute Gasteiger partial charge is 0.252 e. The van der Waals surface area contributed by atoms with Crippen molar-refractivity contribution < 1.29 is 14.3 Å². The number of halogens is 1. The highest BCUT2D eigenvalue weighted by Crippen LogP contribution is 2.36. The van der Waals surface area contributed by atoms with Crippen molar-refractivity contribution >= 4 is 21.8 Å². The first-order valence-corrected chi connectivity index (χ1v) is 8.73. The van der Waals surface area contributed by atoms with E-state index in [9.17, 15) is 4.79 Å². The monoisotopic (exact) mass is 389 g/mol. The molecule has 0 radical (unpaired) electrons. The van der Waals surface area contributed by atoms with E-state index in [0.717, 1.165) is 19.3 Å². The molecule has 0 saturated heterocycles. The summed E-state index contributed by atoms with van der Waals surface area (Å²) < 4.78 is 11.3. The Balaban J connectivity index is 1.86. The Bertz CT molecular complexity index is 735. The zero-order chi connectivity index (χ0) is 17.1. The number of hydrogen-bond acceptors (Lipinski definition) is 3. The van der Waals surface area contributed by atoms with Crippen LogP contribution in [0.25, 0.3) is 0 Å². The molecule has 1 atom stereocenters. The minimum Gasteiger partial charge on any atom is -0.495 e. The van der Waals surface area contributed by atoms with Crippen LogP contribution < -0.4 is 14.8 Å². The zero-order valence-electron chi connectivity index (χ0n) is 13.8. The molecular weight excluding hydrogens is 370 g/mol. The van der Waals surface area contributed by atoms with E-state index in [1.54, 1.807) is 26.4 Å². The Labute approximate surface area is 150 Å². The fraction of sp³-hybridized carbons (Fsp3) is 0.316. The molecule has 1 N–H and O–H groups in total. The van der Waals surface area contributed by atoms with Crippen LogP contribution in [0.15, 0.2) is 40.9 Å². The maximum absolute atomic E-state index is 12.7. The summed E-state index contributed by atoms with van der Waals surface area (Å²) in [4.78, 5) is 12.7. The van der Waals surface area contributed by atoms with Crippen LogP contribution in [0.4, 0.5) is 0 Å². The topological polar surface area (TPSA) is 47.6 Å². The number of nitrogens with one attached hydrogen (secondary N) is 1. The quantitative estimate of drug-likeness (QED) is 0.848. The fourth-order valence-electron chi connectivity index (χ4n) is 3.15. The Hall–Kier alpha value is -2.01. The van der Waals surface area contributed by atoms with Crippen molar-refractivity contribution in [3.8, 4) is 11.5 Å². The minimum atomic E-state index is -0.124. The maximum atomic E-state index is 12.7. The highest BCUT2D eigenvalue weighted by Gasteiger charge is 2.23.